The molecule has 0 saturated carbocycles. The minimum Gasteiger partial charge on any atom is -0.497 e. The molecular weight excluding hydrogens is 400 g/mol. The molecule has 156 valence electrons. The van der Waals surface area contributed by atoms with Gasteiger partial charge < -0.3 is 10.1 Å². The number of methoxy groups -OCH3 is 1. The van der Waals surface area contributed by atoms with E-state index in [1.54, 1.807) is 49.6 Å². The number of carbonyl (C=O) groups is 1. The zero-order valence-corrected chi connectivity index (χ0v) is 17.6. The highest BCUT2D eigenvalue weighted by atomic mass is 32.2. The van der Waals surface area contributed by atoms with Gasteiger partial charge in [-0.1, -0.05) is 37.3 Å². The molecule has 3 aromatic carbocycles. The van der Waals surface area contributed by atoms with Crippen molar-refractivity contribution in [1.29, 1.82) is 0 Å². The van der Waals surface area contributed by atoms with Crippen LogP contribution in [0.3, 0.4) is 0 Å². The molecule has 1 atom stereocenters. The summed E-state index contributed by atoms with van der Waals surface area (Å²) in [5.41, 5.74) is 1.82. The number of ether oxygens (including phenoxy) is 1. The van der Waals surface area contributed by atoms with Gasteiger partial charge in [-0.15, -0.1) is 0 Å². The molecule has 0 aliphatic carbocycles. The van der Waals surface area contributed by atoms with Gasteiger partial charge in [0.25, 0.3) is 15.9 Å². The molecule has 0 heterocycles. The van der Waals surface area contributed by atoms with Crippen LogP contribution in [0.25, 0.3) is 0 Å². The Morgan fingerprint density at radius 3 is 2.13 bits per heavy atom. The molecule has 0 radical (unpaired) electrons. The minimum atomic E-state index is -3.67. The fraction of sp³-hybridized carbons (Fsp3) is 0.174. The Hall–Kier alpha value is -3.32. The molecule has 7 heteroatoms. The van der Waals surface area contributed by atoms with Gasteiger partial charge in [0, 0.05) is 11.3 Å². The second-order valence-electron chi connectivity index (χ2n) is 6.70. The van der Waals surface area contributed by atoms with E-state index in [2.05, 4.69) is 10.0 Å². The molecule has 0 saturated heterocycles. The highest BCUT2D eigenvalue weighted by Gasteiger charge is 2.16. The van der Waals surface area contributed by atoms with Crippen LogP contribution < -0.4 is 14.8 Å². The first-order valence-electron chi connectivity index (χ1n) is 9.55. The molecular formula is C23H24N2O4S. The number of benzene rings is 3. The zero-order chi connectivity index (χ0) is 21.6. The molecule has 1 amide bonds. The van der Waals surface area contributed by atoms with Gasteiger partial charge in [0.2, 0.25) is 0 Å². The van der Waals surface area contributed by atoms with Crippen molar-refractivity contribution < 1.29 is 17.9 Å². The molecule has 3 aromatic rings. The summed E-state index contributed by atoms with van der Waals surface area (Å²) in [6.07, 6.45) is 0.729. The van der Waals surface area contributed by atoms with Crippen molar-refractivity contribution in [2.75, 3.05) is 11.8 Å². The third kappa shape index (κ3) is 5.18. The number of sulfonamides is 1. The Morgan fingerprint density at radius 1 is 0.933 bits per heavy atom. The summed E-state index contributed by atoms with van der Waals surface area (Å²) in [6, 6.07) is 21.9. The van der Waals surface area contributed by atoms with Crippen molar-refractivity contribution in [2.24, 2.45) is 0 Å². The second kappa shape index (κ2) is 9.45. The monoisotopic (exact) mass is 424 g/mol. The summed E-state index contributed by atoms with van der Waals surface area (Å²) in [6.45, 7) is 2.00. The van der Waals surface area contributed by atoms with Crippen LogP contribution in [0.5, 0.6) is 5.75 Å². The van der Waals surface area contributed by atoms with E-state index >= 15 is 0 Å². The summed E-state index contributed by atoms with van der Waals surface area (Å²) in [5.74, 6) is 0.531. The van der Waals surface area contributed by atoms with Gasteiger partial charge in [-0.05, 0) is 60.5 Å². The van der Waals surface area contributed by atoms with E-state index in [9.17, 15) is 13.2 Å². The van der Waals surface area contributed by atoms with Crippen LogP contribution in [0.2, 0.25) is 0 Å². The molecule has 0 aliphatic heterocycles. The number of hydrogen-bond acceptors (Lipinski definition) is 4. The fourth-order valence-corrected chi connectivity index (χ4v) is 4.08. The van der Waals surface area contributed by atoms with Crippen molar-refractivity contribution in [3.05, 3.63) is 90.0 Å². The summed E-state index contributed by atoms with van der Waals surface area (Å²) >= 11 is 0. The number of anilines is 1. The summed E-state index contributed by atoms with van der Waals surface area (Å²) in [5, 5.41) is 3.01. The van der Waals surface area contributed by atoms with E-state index in [1.807, 2.05) is 31.2 Å². The quantitative estimate of drug-likeness (QED) is 0.562. The lowest BCUT2D eigenvalue weighted by Crippen LogP contribution is -2.28. The molecule has 0 bridgehead atoms. The van der Waals surface area contributed by atoms with Crippen LogP contribution >= 0.6 is 0 Å². The Balaban J connectivity index is 1.68. The topological polar surface area (TPSA) is 84.5 Å². The van der Waals surface area contributed by atoms with Crippen LogP contribution in [0.15, 0.2) is 83.8 Å². The standard InChI is InChI=1S/C23H24N2O4S/c1-3-22(17-11-15-20(29-2)16-12-17)24-23(26)18-9-13-19(14-10-18)25-30(27,28)21-7-5-4-6-8-21/h4-16,22,25H,3H2,1-2H3,(H,24,26). The molecule has 30 heavy (non-hydrogen) atoms. The highest BCUT2D eigenvalue weighted by Crippen LogP contribution is 2.21. The van der Waals surface area contributed by atoms with Gasteiger partial charge in [-0.25, -0.2) is 8.42 Å². The lowest BCUT2D eigenvalue weighted by atomic mass is 10.0. The maximum Gasteiger partial charge on any atom is 0.261 e. The van der Waals surface area contributed by atoms with E-state index in [4.69, 9.17) is 4.74 Å². The Bertz CT molecular complexity index is 1080. The Kier molecular flexibility index (Phi) is 6.74. The number of nitrogens with one attached hydrogen (secondary N) is 2. The zero-order valence-electron chi connectivity index (χ0n) is 16.8. The molecule has 0 aromatic heterocycles. The average Bonchev–Trinajstić information content (AvgIpc) is 2.78. The van der Waals surface area contributed by atoms with Crippen molar-refractivity contribution >= 4 is 21.6 Å². The molecule has 0 fully saturated rings. The predicted molar refractivity (Wildman–Crippen MR) is 117 cm³/mol. The van der Waals surface area contributed by atoms with Gasteiger partial charge in [-0.2, -0.15) is 0 Å². The Morgan fingerprint density at radius 2 is 1.57 bits per heavy atom. The summed E-state index contributed by atoms with van der Waals surface area (Å²) in [4.78, 5) is 12.8. The normalized spacial score (nSPS) is 12.1. The molecule has 1 unspecified atom stereocenters. The van der Waals surface area contributed by atoms with Crippen molar-refractivity contribution in [3.8, 4) is 5.75 Å². The van der Waals surface area contributed by atoms with Crippen LogP contribution in [0.1, 0.15) is 35.3 Å². The molecule has 0 aliphatic rings. The summed E-state index contributed by atoms with van der Waals surface area (Å²) in [7, 11) is -2.06. The molecule has 2 N–H and O–H groups in total. The maximum absolute atomic E-state index is 12.7. The molecule has 0 spiro atoms. The lowest BCUT2D eigenvalue weighted by Gasteiger charge is -2.18. The van der Waals surface area contributed by atoms with Crippen LogP contribution in [-0.2, 0) is 10.0 Å². The van der Waals surface area contributed by atoms with E-state index in [-0.39, 0.29) is 16.8 Å². The van der Waals surface area contributed by atoms with E-state index in [0.29, 0.717) is 11.3 Å². The molecule has 3 rings (SSSR count). The van der Waals surface area contributed by atoms with Crippen molar-refractivity contribution in [3.63, 3.8) is 0 Å². The average molecular weight is 425 g/mol. The van der Waals surface area contributed by atoms with Gasteiger partial charge in [0.1, 0.15) is 5.75 Å². The fourth-order valence-electron chi connectivity index (χ4n) is 3.00. The predicted octanol–water partition coefficient (Wildman–Crippen LogP) is 4.38. The lowest BCUT2D eigenvalue weighted by molar-refractivity contribution is 0.0935. The van der Waals surface area contributed by atoms with Gasteiger partial charge in [0.15, 0.2) is 0 Å². The Labute approximate surface area is 177 Å². The number of carbonyl (C=O) groups excluding carboxylic acids is 1. The largest absolute Gasteiger partial charge is 0.497 e. The van der Waals surface area contributed by atoms with E-state index in [0.717, 1.165) is 17.7 Å². The first-order chi connectivity index (χ1) is 14.4. The third-order valence-corrected chi connectivity index (χ3v) is 6.08. The number of rotatable bonds is 8. The van der Waals surface area contributed by atoms with Crippen LogP contribution in [0, 0.1) is 0 Å². The van der Waals surface area contributed by atoms with E-state index < -0.39 is 10.0 Å². The molecule has 6 nitrogen and oxygen atoms in total. The maximum atomic E-state index is 12.7. The first-order valence-corrected chi connectivity index (χ1v) is 11.0. The second-order valence-corrected chi connectivity index (χ2v) is 8.39. The SMILES string of the molecule is CCC(NC(=O)c1ccc(NS(=O)(=O)c2ccccc2)cc1)c1ccc(OC)cc1. The van der Waals surface area contributed by atoms with E-state index in [1.165, 1.54) is 12.1 Å². The first kappa shape index (κ1) is 21.4. The van der Waals surface area contributed by atoms with Crippen LogP contribution in [0.4, 0.5) is 5.69 Å². The smallest absolute Gasteiger partial charge is 0.261 e. The highest BCUT2D eigenvalue weighted by molar-refractivity contribution is 7.92. The summed E-state index contributed by atoms with van der Waals surface area (Å²) < 4.78 is 32.5. The number of hydrogen-bond donors (Lipinski definition) is 2. The van der Waals surface area contributed by atoms with Crippen molar-refractivity contribution in [1.82, 2.24) is 5.32 Å². The van der Waals surface area contributed by atoms with Crippen LogP contribution in [-0.4, -0.2) is 21.4 Å². The van der Waals surface area contributed by atoms with Crippen molar-refractivity contribution in [2.45, 2.75) is 24.3 Å². The minimum absolute atomic E-state index is 0.139. The van der Waals surface area contributed by atoms with Gasteiger partial charge in [0.05, 0.1) is 18.0 Å². The van der Waals surface area contributed by atoms with Gasteiger partial charge in [-0.3, -0.25) is 9.52 Å². The number of amides is 1. The third-order valence-electron chi connectivity index (χ3n) is 4.68. The van der Waals surface area contributed by atoms with Gasteiger partial charge >= 0.3 is 0 Å².